The summed E-state index contributed by atoms with van der Waals surface area (Å²) < 4.78 is 75.1. The highest BCUT2D eigenvalue weighted by molar-refractivity contribution is 7.87. The van der Waals surface area contributed by atoms with Gasteiger partial charge in [0.2, 0.25) is 0 Å². The highest BCUT2D eigenvalue weighted by atomic mass is 32.2. The molecule has 0 heterocycles. The highest BCUT2D eigenvalue weighted by Crippen LogP contribution is 2.42. The lowest BCUT2D eigenvalue weighted by molar-refractivity contribution is -0.0523. The zero-order chi connectivity index (χ0) is 31.2. The Kier molecular flexibility index (Phi) is 11.0. The lowest BCUT2D eigenvalue weighted by atomic mass is 9.82. The van der Waals surface area contributed by atoms with Gasteiger partial charge in [0.15, 0.2) is 0 Å². The fourth-order valence-electron chi connectivity index (χ4n) is 5.98. The van der Waals surface area contributed by atoms with Crippen LogP contribution in [-0.2, 0) is 18.7 Å². The van der Waals surface area contributed by atoms with Crippen molar-refractivity contribution in [3.63, 3.8) is 0 Å². The molecule has 7 nitrogen and oxygen atoms in total. The Morgan fingerprint density at radius 1 is 1.00 bits per heavy atom. The van der Waals surface area contributed by atoms with E-state index >= 15 is 0 Å². The van der Waals surface area contributed by atoms with Gasteiger partial charge >= 0.3 is 15.6 Å². The Hall–Kier alpha value is -2.79. The Labute approximate surface area is 248 Å². The van der Waals surface area contributed by atoms with Crippen LogP contribution in [0.5, 0.6) is 0 Å². The van der Waals surface area contributed by atoms with Crippen molar-refractivity contribution in [3.8, 4) is 0 Å². The van der Waals surface area contributed by atoms with Crippen LogP contribution in [0.4, 0.5) is 13.2 Å². The van der Waals surface area contributed by atoms with Gasteiger partial charge in [0.1, 0.15) is 5.76 Å². The van der Waals surface area contributed by atoms with Crippen LogP contribution in [0.1, 0.15) is 60.3 Å². The van der Waals surface area contributed by atoms with E-state index in [0.29, 0.717) is 6.42 Å². The number of nitrogens with zero attached hydrogens (tertiary/aromatic N) is 3. The Morgan fingerprint density at radius 2 is 1.52 bits per heavy atom. The molecule has 0 aliphatic heterocycles. The lowest BCUT2D eigenvalue weighted by Gasteiger charge is -2.44. The van der Waals surface area contributed by atoms with Crippen molar-refractivity contribution in [1.29, 1.82) is 0 Å². The molecule has 1 aliphatic rings. The quantitative estimate of drug-likeness (QED) is 0.0577. The topological polar surface area (TPSA) is 101 Å². The standard InChI is InChI=1S/C30H40F3N3O4SSi/c1-6-22(7-2)18-28(35-36-34)27-20-24(40-41(37,38)30(31,32)33)19-23(27)21-39-42(29(3,4)5,25-14-10-8-11-15-25)26-16-12-9-13-17-26/h8-17,19,22-23,27-28H,6-7,18,20-21H2,1-5H3/t23-,27-,28+/m1/s1. The molecule has 2 aromatic rings. The molecule has 0 saturated carbocycles. The number of alkyl halides is 3. The van der Waals surface area contributed by atoms with Crippen LogP contribution in [0.3, 0.4) is 0 Å². The van der Waals surface area contributed by atoms with E-state index in [1.54, 1.807) is 0 Å². The van der Waals surface area contributed by atoms with Gasteiger partial charge < -0.3 is 8.61 Å². The number of rotatable bonds is 13. The Balaban J connectivity index is 2.09. The normalized spacial score (nSPS) is 18.8. The van der Waals surface area contributed by atoms with E-state index in [1.165, 1.54) is 6.08 Å². The highest BCUT2D eigenvalue weighted by Gasteiger charge is 2.52. The summed E-state index contributed by atoms with van der Waals surface area (Å²) in [7, 11) is -8.87. The maximum Gasteiger partial charge on any atom is 0.534 e. The second-order valence-electron chi connectivity index (χ2n) is 11.8. The molecule has 0 unspecified atom stereocenters. The first kappa shape index (κ1) is 33.7. The van der Waals surface area contributed by atoms with E-state index in [9.17, 15) is 27.1 Å². The largest absolute Gasteiger partial charge is 0.534 e. The molecule has 2 aromatic carbocycles. The minimum absolute atomic E-state index is 0.0806. The van der Waals surface area contributed by atoms with Crippen LogP contribution < -0.4 is 10.4 Å². The second-order valence-corrected chi connectivity index (χ2v) is 17.7. The number of hydrogen-bond donors (Lipinski definition) is 0. The molecule has 0 bridgehead atoms. The first-order valence-corrected chi connectivity index (χ1v) is 17.5. The third-order valence-electron chi connectivity index (χ3n) is 8.22. The van der Waals surface area contributed by atoms with Gasteiger partial charge in [-0.05, 0) is 45.3 Å². The van der Waals surface area contributed by atoms with Gasteiger partial charge in [-0.25, -0.2) is 0 Å². The molecule has 3 atom stereocenters. The smallest absolute Gasteiger partial charge is 0.407 e. The molecule has 230 valence electrons. The van der Waals surface area contributed by atoms with Gasteiger partial charge in [0, 0.05) is 29.9 Å². The van der Waals surface area contributed by atoms with Crippen LogP contribution >= 0.6 is 0 Å². The molecular formula is C30H40F3N3O4SSi. The van der Waals surface area contributed by atoms with Crippen molar-refractivity contribution in [3.05, 3.63) is 82.9 Å². The number of halogens is 3. The first-order chi connectivity index (χ1) is 19.7. The summed E-state index contributed by atoms with van der Waals surface area (Å²) >= 11 is 0. The fourth-order valence-corrected chi connectivity index (χ4v) is 11.1. The third kappa shape index (κ3) is 7.40. The molecule has 42 heavy (non-hydrogen) atoms. The van der Waals surface area contributed by atoms with E-state index < -0.39 is 41.8 Å². The molecular weight excluding hydrogens is 583 g/mol. The number of allylic oxidation sites excluding steroid dienone is 1. The van der Waals surface area contributed by atoms with Crippen molar-refractivity contribution >= 4 is 28.8 Å². The van der Waals surface area contributed by atoms with Crippen LogP contribution in [0, 0.1) is 17.8 Å². The number of hydrogen-bond acceptors (Lipinski definition) is 5. The van der Waals surface area contributed by atoms with Crippen molar-refractivity contribution in [1.82, 2.24) is 0 Å². The van der Waals surface area contributed by atoms with E-state index in [4.69, 9.17) is 4.43 Å². The van der Waals surface area contributed by atoms with Gasteiger partial charge in [-0.3, -0.25) is 0 Å². The van der Waals surface area contributed by atoms with Gasteiger partial charge in [0.25, 0.3) is 8.32 Å². The maximum atomic E-state index is 13.2. The van der Waals surface area contributed by atoms with Crippen LogP contribution in [0.25, 0.3) is 10.4 Å². The van der Waals surface area contributed by atoms with Crippen molar-refractivity contribution in [2.75, 3.05) is 6.61 Å². The summed E-state index contributed by atoms with van der Waals surface area (Å²) in [5.41, 5.74) is 3.84. The summed E-state index contributed by atoms with van der Waals surface area (Å²) in [5.74, 6) is -1.13. The third-order valence-corrected chi connectivity index (χ3v) is 14.2. The zero-order valence-electron chi connectivity index (χ0n) is 24.7. The summed E-state index contributed by atoms with van der Waals surface area (Å²) in [6.45, 7) is 10.5. The summed E-state index contributed by atoms with van der Waals surface area (Å²) in [6, 6.07) is 19.2. The molecule has 0 saturated heterocycles. The molecule has 0 amide bonds. The van der Waals surface area contributed by atoms with E-state index in [2.05, 4.69) is 35.0 Å². The predicted octanol–water partition coefficient (Wildman–Crippen LogP) is 7.45. The molecule has 3 rings (SSSR count). The average Bonchev–Trinajstić information content (AvgIpc) is 3.33. The SMILES string of the molecule is CCC(CC)C[C@H](N=[N+]=[N-])[C@@H]1CC(OS(=O)(=O)C(F)(F)F)=C[C@@H]1CO[Si](c1ccccc1)(c1ccccc1)C(C)(C)C. The molecule has 12 heteroatoms. The van der Waals surface area contributed by atoms with Gasteiger partial charge in [0.05, 0.1) is 0 Å². The van der Waals surface area contributed by atoms with Crippen molar-refractivity contribution in [2.45, 2.75) is 76.9 Å². The van der Waals surface area contributed by atoms with Gasteiger partial charge in [-0.1, -0.05) is 113 Å². The molecule has 1 aliphatic carbocycles. The molecule has 0 radical (unpaired) electrons. The average molecular weight is 624 g/mol. The van der Waals surface area contributed by atoms with Crippen LogP contribution in [-0.4, -0.2) is 34.9 Å². The summed E-state index contributed by atoms with van der Waals surface area (Å²) in [5, 5.41) is 5.76. The number of benzene rings is 2. The van der Waals surface area contributed by atoms with Crippen LogP contribution in [0.2, 0.25) is 5.04 Å². The van der Waals surface area contributed by atoms with Crippen molar-refractivity contribution in [2.24, 2.45) is 22.9 Å². The fraction of sp³-hybridized carbons (Fsp3) is 0.533. The van der Waals surface area contributed by atoms with Crippen LogP contribution in [0.15, 0.2) is 77.6 Å². The lowest BCUT2D eigenvalue weighted by Crippen LogP contribution is -2.67. The number of azide groups is 1. The van der Waals surface area contributed by atoms with Gasteiger partial charge in [-0.15, -0.1) is 0 Å². The minimum atomic E-state index is -5.85. The molecule has 0 spiro atoms. The van der Waals surface area contributed by atoms with E-state index in [1.807, 2.05) is 74.5 Å². The minimum Gasteiger partial charge on any atom is -0.407 e. The first-order valence-electron chi connectivity index (χ1n) is 14.2. The molecule has 0 N–H and O–H groups in total. The maximum absolute atomic E-state index is 13.2. The van der Waals surface area contributed by atoms with Gasteiger partial charge in [-0.2, -0.15) is 21.6 Å². The Morgan fingerprint density at radius 3 is 1.95 bits per heavy atom. The monoisotopic (exact) mass is 623 g/mol. The van der Waals surface area contributed by atoms with E-state index in [0.717, 1.165) is 23.2 Å². The second kappa shape index (κ2) is 13.7. The van der Waals surface area contributed by atoms with Crippen molar-refractivity contribution < 1.29 is 30.2 Å². The summed E-state index contributed by atoms with van der Waals surface area (Å²) in [6.07, 6.45) is 3.49. The Bertz CT molecular complexity index is 1320. The van der Waals surface area contributed by atoms with E-state index in [-0.39, 0.29) is 29.7 Å². The predicted molar refractivity (Wildman–Crippen MR) is 161 cm³/mol. The molecule has 0 aromatic heterocycles. The summed E-state index contributed by atoms with van der Waals surface area (Å²) in [4.78, 5) is 3.05. The molecule has 0 fully saturated rings. The zero-order valence-corrected chi connectivity index (χ0v) is 26.5.